The van der Waals surface area contributed by atoms with Crippen molar-refractivity contribution in [1.29, 1.82) is 0 Å². The van der Waals surface area contributed by atoms with E-state index in [4.69, 9.17) is 4.52 Å². The van der Waals surface area contributed by atoms with Crippen LogP contribution in [0.15, 0.2) is 21.3 Å². The smallest absolute Gasteiger partial charge is 0.224 e. The third kappa shape index (κ3) is 4.48. The van der Waals surface area contributed by atoms with E-state index in [2.05, 4.69) is 10.5 Å². The fraction of sp³-hybridized carbons (Fsp3) is 0.500. The Hall–Kier alpha value is -2.15. The molecule has 0 spiro atoms. The van der Waals surface area contributed by atoms with Crippen molar-refractivity contribution in [2.45, 2.75) is 52.1 Å². The number of hydrogen-bond donors (Lipinski definition) is 1. The molecule has 0 aromatic carbocycles. The molecule has 2 aromatic rings. The molecule has 1 aliphatic rings. The van der Waals surface area contributed by atoms with Gasteiger partial charge in [0.25, 0.3) is 0 Å². The molecule has 0 radical (unpaired) electrons. The average Bonchev–Trinajstić information content (AvgIpc) is 3.15. The highest BCUT2D eigenvalue weighted by atomic mass is 32.1. The monoisotopic (exact) mass is 361 g/mol. The average molecular weight is 361 g/mol. The van der Waals surface area contributed by atoms with Gasteiger partial charge in [-0.05, 0) is 49.1 Å². The van der Waals surface area contributed by atoms with Crippen LogP contribution in [0.4, 0.5) is 0 Å². The molecule has 0 saturated carbocycles. The third-order valence-corrected chi connectivity index (χ3v) is 5.38. The fourth-order valence-corrected chi connectivity index (χ4v) is 3.79. The van der Waals surface area contributed by atoms with Crippen LogP contribution in [0.25, 0.3) is 0 Å². The molecule has 0 aliphatic carbocycles. The maximum Gasteiger partial charge on any atom is 0.224 e. The molecule has 6 nitrogen and oxygen atoms in total. The molecule has 1 saturated heterocycles. The zero-order valence-electron chi connectivity index (χ0n) is 14.6. The number of aromatic nitrogens is 1. The maximum absolute atomic E-state index is 12.4. The number of rotatable bonds is 5. The van der Waals surface area contributed by atoms with Crippen molar-refractivity contribution in [3.8, 4) is 0 Å². The highest BCUT2D eigenvalue weighted by Crippen LogP contribution is 2.19. The number of thiophene rings is 1. The van der Waals surface area contributed by atoms with Gasteiger partial charge in [-0.3, -0.25) is 9.59 Å². The zero-order chi connectivity index (χ0) is 17.8. The lowest BCUT2D eigenvalue weighted by Gasteiger charge is -2.21. The summed E-state index contributed by atoms with van der Waals surface area (Å²) in [5.41, 5.74) is 2.84. The Labute approximate surface area is 151 Å². The molecule has 134 valence electrons. The second-order valence-electron chi connectivity index (χ2n) is 6.52. The van der Waals surface area contributed by atoms with Crippen LogP contribution in [0.1, 0.15) is 41.8 Å². The second kappa shape index (κ2) is 7.82. The Morgan fingerprint density at radius 2 is 2.28 bits per heavy atom. The summed E-state index contributed by atoms with van der Waals surface area (Å²) in [6.45, 7) is 4.91. The summed E-state index contributed by atoms with van der Waals surface area (Å²) in [6.07, 6.45) is 2.31. The highest BCUT2D eigenvalue weighted by molar-refractivity contribution is 7.08. The van der Waals surface area contributed by atoms with Gasteiger partial charge in [-0.2, -0.15) is 11.3 Å². The van der Waals surface area contributed by atoms with E-state index in [0.29, 0.717) is 32.4 Å². The number of aryl methyl sites for hydroxylation is 2. The van der Waals surface area contributed by atoms with Gasteiger partial charge in [0.15, 0.2) is 0 Å². The molecule has 3 rings (SSSR count). The lowest BCUT2D eigenvalue weighted by Crippen LogP contribution is -2.36. The van der Waals surface area contributed by atoms with E-state index < -0.39 is 0 Å². The largest absolute Gasteiger partial charge is 0.361 e. The number of hydrogen-bond acceptors (Lipinski definition) is 5. The lowest BCUT2D eigenvalue weighted by molar-refractivity contribution is -0.131. The van der Waals surface area contributed by atoms with E-state index in [0.717, 1.165) is 29.0 Å². The third-order valence-electron chi connectivity index (χ3n) is 4.65. The van der Waals surface area contributed by atoms with Crippen LogP contribution in [-0.4, -0.2) is 34.5 Å². The molecule has 25 heavy (non-hydrogen) atoms. The predicted molar refractivity (Wildman–Crippen MR) is 95.2 cm³/mol. The van der Waals surface area contributed by atoms with E-state index in [1.807, 2.05) is 35.6 Å². The minimum atomic E-state index is 0.0232. The number of carbonyl (C=O) groups excluding carboxylic acids is 2. The van der Waals surface area contributed by atoms with E-state index in [1.54, 1.807) is 11.3 Å². The van der Waals surface area contributed by atoms with Gasteiger partial charge in [0, 0.05) is 24.6 Å². The van der Waals surface area contributed by atoms with E-state index in [9.17, 15) is 9.59 Å². The zero-order valence-corrected chi connectivity index (χ0v) is 15.4. The van der Waals surface area contributed by atoms with Crippen molar-refractivity contribution in [1.82, 2.24) is 15.4 Å². The van der Waals surface area contributed by atoms with Crippen molar-refractivity contribution in [3.05, 3.63) is 39.4 Å². The van der Waals surface area contributed by atoms with Gasteiger partial charge >= 0.3 is 0 Å². The molecular weight excluding hydrogens is 338 g/mol. The first-order valence-electron chi connectivity index (χ1n) is 8.53. The second-order valence-corrected chi connectivity index (χ2v) is 7.30. The van der Waals surface area contributed by atoms with Gasteiger partial charge < -0.3 is 14.7 Å². The Morgan fingerprint density at radius 3 is 2.96 bits per heavy atom. The molecular formula is C18H23N3O3S. The summed E-state index contributed by atoms with van der Waals surface area (Å²) in [4.78, 5) is 26.4. The molecule has 1 fully saturated rings. The molecule has 1 unspecified atom stereocenters. The first-order valence-corrected chi connectivity index (χ1v) is 9.47. The Bertz CT molecular complexity index is 719. The van der Waals surface area contributed by atoms with Crippen molar-refractivity contribution >= 4 is 23.2 Å². The Morgan fingerprint density at radius 1 is 1.44 bits per heavy atom. The first-order chi connectivity index (χ1) is 12.0. The van der Waals surface area contributed by atoms with E-state index >= 15 is 0 Å². The van der Waals surface area contributed by atoms with Gasteiger partial charge in [-0.15, -0.1) is 0 Å². The lowest BCUT2D eigenvalue weighted by atomic mass is 10.1. The summed E-state index contributed by atoms with van der Waals surface area (Å²) in [7, 11) is 0. The fourth-order valence-electron chi connectivity index (χ4n) is 3.12. The van der Waals surface area contributed by atoms with E-state index in [-0.39, 0.29) is 17.9 Å². The number of nitrogens with zero attached hydrogens (tertiary/aromatic N) is 2. The SMILES string of the molecule is Cc1noc(C)c1CN1CCC(NC(=O)Cc2ccsc2)CCC1=O. The summed E-state index contributed by atoms with van der Waals surface area (Å²) < 4.78 is 5.18. The van der Waals surface area contributed by atoms with Gasteiger partial charge in [0.05, 0.1) is 18.7 Å². The standard InChI is InChI=1S/C18H23N3O3S/c1-12-16(13(2)24-20-12)10-21-7-5-15(3-4-18(21)23)19-17(22)9-14-6-8-25-11-14/h6,8,11,15H,3-5,7,9-10H2,1-2H3,(H,19,22). The van der Waals surface area contributed by atoms with Gasteiger partial charge in [0.2, 0.25) is 11.8 Å². The summed E-state index contributed by atoms with van der Waals surface area (Å²) in [5, 5.41) is 11.0. The van der Waals surface area contributed by atoms with Crippen molar-refractivity contribution < 1.29 is 14.1 Å². The van der Waals surface area contributed by atoms with Crippen LogP contribution in [0.3, 0.4) is 0 Å². The minimum Gasteiger partial charge on any atom is -0.361 e. The van der Waals surface area contributed by atoms with E-state index in [1.165, 1.54) is 0 Å². The Kier molecular flexibility index (Phi) is 5.53. The quantitative estimate of drug-likeness (QED) is 0.888. The normalized spacial score (nSPS) is 18.2. The van der Waals surface area contributed by atoms with Crippen LogP contribution >= 0.6 is 11.3 Å². The molecule has 0 bridgehead atoms. The van der Waals surface area contributed by atoms with Crippen molar-refractivity contribution in [2.75, 3.05) is 6.54 Å². The van der Waals surface area contributed by atoms with Crippen LogP contribution in [0.5, 0.6) is 0 Å². The number of likely N-dealkylation sites (tertiary alicyclic amines) is 1. The number of amides is 2. The van der Waals surface area contributed by atoms with Crippen molar-refractivity contribution in [3.63, 3.8) is 0 Å². The van der Waals surface area contributed by atoms with Gasteiger partial charge in [0.1, 0.15) is 5.76 Å². The summed E-state index contributed by atoms with van der Waals surface area (Å²) in [6, 6.07) is 2.01. The number of carbonyl (C=O) groups is 2. The maximum atomic E-state index is 12.4. The van der Waals surface area contributed by atoms with Crippen LogP contribution < -0.4 is 5.32 Å². The summed E-state index contributed by atoms with van der Waals surface area (Å²) >= 11 is 1.59. The van der Waals surface area contributed by atoms with Crippen molar-refractivity contribution in [2.24, 2.45) is 0 Å². The predicted octanol–water partition coefficient (Wildman–Crippen LogP) is 2.59. The minimum absolute atomic E-state index is 0.0232. The molecule has 7 heteroatoms. The highest BCUT2D eigenvalue weighted by Gasteiger charge is 2.25. The van der Waals surface area contributed by atoms with Gasteiger partial charge in [-0.25, -0.2) is 0 Å². The molecule has 2 amide bonds. The molecule has 2 aromatic heterocycles. The molecule has 1 aliphatic heterocycles. The number of nitrogens with one attached hydrogen (secondary N) is 1. The Balaban J connectivity index is 1.55. The first kappa shape index (κ1) is 17.7. The van der Waals surface area contributed by atoms with Crippen LogP contribution in [-0.2, 0) is 22.6 Å². The van der Waals surface area contributed by atoms with Gasteiger partial charge in [-0.1, -0.05) is 5.16 Å². The molecule has 1 atom stereocenters. The van der Waals surface area contributed by atoms with Crippen LogP contribution in [0.2, 0.25) is 0 Å². The van der Waals surface area contributed by atoms with Crippen LogP contribution in [0, 0.1) is 13.8 Å². The summed E-state index contributed by atoms with van der Waals surface area (Å²) in [5.74, 6) is 0.903. The molecule has 1 N–H and O–H groups in total. The molecule has 3 heterocycles. The topological polar surface area (TPSA) is 75.4 Å².